The minimum absolute atomic E-state index is 0.105. The predicted molar refractivity (Wildman–Crippen MR) is 123 cm³/mol. The first-order chi connectivity index (χ1) is 15.0. The number of halogens is 2. The van der Waals surface area contributed by atoms with Crippen molar-refractivity contribution < 1.29 is 14.6 Å². The van der Waals surface area contributed by atoms with Crippen molar-refractivity contribution >= 4 is 40.0 Å². The number of aromatic amines is 1. The van der Waals surface area contributed by atoms with Crippen molar-refractivity contribution in [1.82, 2.24) is 15.2 Å². The van der Waals surface area contributed by atoms with Crippen molar-refractivity contribution in [2.24, 2.45) is 0 Å². The number of aromatic nitrogens is 1. The highest BCUT2D eigenvalue weighted by molar-refractivity contribution is 6.42. The number of hydrogen-bond acceptors (Lipinski definition) is 4. The van der Waals surface area contributed by atoms with Crippen molar-refractivity contribution in [2.75, 3.05) is 26.2 Å². The molecule has 3 N–H and O–H groups in total. The summed E-state index contributed by atoms with van der Waals surface area (Å²) in [5, 5.41) is 15.2. The molecule has 1 aromatic heterocycles. The highest BCUT2D eigenvalue weighted by Gasteiger charge is 2.22. The van der Waals surface area contributed by atoms with Gasteiger partial charge < -0.3 is 25.0 Å². The lowest BCUT2D eigenvalue weighted by Gasteiger charge is -2.33. The molecule has 6 nitrogen and oxygen atoms in total. The number of amides is 1. The Hall–Kier alpha value is -2.25. The molecule has 0 aliphatic carbocycles. The third-order valence-corrected chi connectivity index (χ3v) is 6.25. The van der Waals surface area contributed by atoms with Gasteiger partial charge in [-0.15, -0.1) is 0 Å². The summed E-state index contributed by atoms with van der Waals surface area (Å²) in [4.78, 5) is 17.7. The van der Waals surface area contributed by atoms with Crippen LogP contribution in [0.25, 0.3) is 10.9 Å². The van der Waals surface area contributed by atoms with E-state index in [-0.39, 0.29) is 18.6 Å². The third kappa shape index (κ3) is 5.71. The number of carbonyl (C=O) groups excluding carboxylic acids is 1. The molecule has 3 aromatic rings. The predicted octanol–water partition coefficient (Wildman–Crippen LogP) is 4.11. The normalized spacial score (nSPS) is 16.4. The molecule has 1 aliphatic rings. The fraction of sp³-hybridized carbons (Fsp3) is 0.348. The standard InChI is InChI=1S/C23H25Cl2N3O3/c24-20-3-2-19(12-21(20)25)31-18-6-9-28(10-7-18)14-17(29)13-27-23(30)16-1-4-22-15(11-16)5-8-26-22/h1-5,8,11-12,17-18,26,29H,6-7,9-10,13-14H2,(H,27,30)/t17-/m1/s1. The Kier molecular flexibility index (Phi) is 7.02. The zero-order valence-electron chi connectivity index (χ0n) is 17.0. The SMILES string of the molecule is O=C(NC[C@@H](O)CN1CCC(Oc2ccc(Cl)c(Cl)c2)CC1)c1ccc2[nH]ccc2c1. The molecular formula is C23H25Cl2N3O3. The highest BCUT2D eigenvalue weighted by atomic mass is 35.5. The molecule has 31 heavy (non-hydrogen) atoms. The number of nitrogens with one attached hydrogen (secondary N) is 2. The molecule has 0 radical (unpaired) electrons. The smallest absolute Gasteiger partial charge is 0.251 e. The molecule has 2 heterocycles. The highest BCUT2D eigenvalue weighted by Crippen LogP contribution is 2.28. The summed E-state index contributed by atoms with van der Waals surface area (Å²) in [5.41, 5.74) is 1.57. The van der Waals surface area contributed by atoms with E-state index in [2.05, 4.69) is 15.2 Å². The second kappa shape index (κ2) is 9.92. The second-order valence-corrected chi connectivity index (χ2v) is 8.65. The van der Waals surface area contributed by atoms with Gasteiger partial charge in [0.2, 0.25) is 0 Å². The van der Waals surface area contributed by atoms with E-state index in [9.17, 15) is 9.90 Å². The first-order valence-corrected chi connectivity index (χ1v) is 11.1. The van der Waals surface area contributed by atoms with Crippen LogP contribution in [0, 0.1) is 0 Å². The van der Waals surface area contributed by atoms with Gasteiger partial charge in [0.25, 0.3) is 5.91 Å². The molecule has 1 amide bonds. The van der Waals surface area contributed by atoms with Gasteiger partial charge in [0.1, 0.15) is 11.9 Å². The number of carbonyl (C=O) groups is 1. The summed E-state index contributed by atoms with van der Waals surface area (Å²) < 4.78 is 6.01. The topological polar surface area (TPSA) is 77.6 Å². The van der Waals surface area contributed by atoms with Crippen LogP contribution in [-0.4, -0.2) is 59.3 Å². The number of hydrogen-bond donors (Lipinski definition) is 3. The molecule has 4 rings (SSSR count). The van der Waals surface area contributed by atoms with E-state index in [1.54, 1.807) is 18.2 Å². The van der Waals surface area contributed by atoms with Crippen LogP contribution in [-0.2, 0) is 0 Å². The summed E-state index contributed by atoms with van der Waals surface area (Å²) in [6.07, 6.45) is 3.03. The Bertz CT molecular complexity index is 1050. The Balaban J connectivity index is 1.19. The number of aliphatic hydroxyl groups is 1. The van der Waals surface area contributed by atoms with Gasteiger partial charge in [-0.3, -0.25) is 4.79 Å². The lowest BCUT2D eigenvalue weighted by atomic mass is 10.1. The molecule has 2 aromatic carbocycles. The number of benzene rings is 2. The Morgan fingerprint density at radius 1 is 1.16 bits per heavy atom. The molecule has 0 saturated carbocycles. The van der Waals surface area contributed by atoms with Gasteiger partial charge in [-0.2, -0.15) is 0 Å². The number of β-amino-alcohol motifs (C(OH)–C–C–N with tert-alkyl or cyclic N) is 1. The largest absolute Gasteiger partial charge is 0.490 e. The summed E-state index contributed by atoms with van der Waals surface area (Å²) >= 11 is 12.0. The van der Waals surface area contributed by atoms with Gasteiger partial charge in [0.15, 0.2) is 0 Å². The maximum atomic E-state index is 12.4. The quantitative estimate of drug-likeness (QED) is 0.494. The van der Waals surface area contributed by atoms with Crippen molar-refractivity contribution in [3.05, 3.63) is 64.3 Å². The van der Waals surface area contributed by atoms with E-state index in [0.717, 1.165) is 36.8 Å². The molecule has 0 bridgehead atoms. The van der Waals surface area contributed by atoms with E-state index in [4.69, 9.17) is 27.9 Å². The molecule has 1 aliphatic heterocycles. The van der Waals surface area contributed by atoms with Gasteiger partial charge in [0, 0.05) is 54.9 Å². The number of nitrogens with zero attached hydrogens (tertiary/aromatic N) is 1. The molecule has 0 spiro atoms. The average molecular weight is 462 g/mol. The van der Waals surface area contributed by atoms with Gasteiger partial charge in [-0.05, 0) is 49.2 Å². The molecule has 1 atom stereocenters. The maximum absolute atomic E-state index is 12.4. The fourth-order valence-electron chi connectivity index (χ4n) is 3.82. The lowest BCUT2D eigenvalue weighted by Crippen LogP contribution is -2.45. The summed E-state index contributed by atoms with van der Waals surface area (Å²) in [7, 11) is 0. The summed E-state index contributed by atoms with van der Waals surface area (Å²) in [5.74, 6) is 0.532. The number of fused-ring (bicyclic) bond motifs is 1. The molecule has 0 unspecified atom stereocenters. The number of likely N-dealkylation sites (tertiary alicyclic amines) is 1. The molecule has 164 valence electrons. The lowest BCUT2D eigenvalue weighted by molar-refractivity contribution is 0.0594. The van der Waals surface area contributed by atoms with Crippen LogP contribution < -0.4 is 10.1 Å². The summed E-state index contributed by atoms with van der Waals surface area (Å²) in [6, 6.07) is 12.7. The Morgan fingerprint density at radius 2 is 1.97 bits per heavy atom. The Labute approximate surface area is 191 Å². The van der Waals surface area contributed by atoms with Crippen LogP contribution in [0.2, 0.25) is 10.0 Å². The van der Waals surface area contributed by atoms with Gasteiger partial charge in [0.05, 0.1) is 16.1 Å². The van der Waals surface area contributed by atoms with Crippen molar-refractivity contribution in [2.45, 2.75) is 25.0 Å². The first kappa shape index (κ1) is 22.0. The number of ether oxygens (including phenoxy) is 1. The summed E-state index contributed by atoms with van der Waals surface area (Å²) in [6.45, 7) is 2.36. The average Bonchev–Trinajstić information content (AvgIpc) is 3.24. The van der Waals surface area contributed by atoms with Gasteiger partial charge in [-0.1, -0.05) is 23.2 Å². The van der Waals surface area contributed by atoms with E-state index < -0.39 is 6.10 Å². The second-order valence-electron chi connectivity index (χ2n) is 7.84. The van der Waals surface area contributed by atoms with E-state index >= 15 is 0 Å². The fourth-order valence-corrected chi connectivity index (χ4v) is 4.11. The Morgan fingerprint density at radius 3 is 2.74 bits per heavy atom. The van der Waals surface area contributed by atoms with Gasteiger partial charge in [-0.25, -0.2) is 0 Å². The van der Waals surface area contributed by atoms with E-state index in [0.29, 0.717) is 27.9 Å². The third-order valence-electron chi connectivity index (χ3n) is 5.51. The molecule has 8 heteroatoms. The molecule has 1 saturated heterocycles. The maximum Gasteiger partial charge on any atom is 0.251 e. The van der Waals surface area contributed by atoms with E-state index in [1.807, 2.05) is 30.5 Å². The number of H-pyrrole nitrogens is 1. The van der Waals surface area contributed by atoms with Crippen molar-refractivity contribution in [3.8, 4) is 5.75 Å². The number of piperidine rings is 1. The van der Waals surface area contributed by atoms with Crippen molar-refractivity contribution in [3.63, 3.8) is 0 Å². The number of aliphatic hydroxyl groups excluding tert-OH is 1. The van der Waals surface area contributed by atoms with Crippen LogP contribution in [0.15, 0.2) is 48.7 Å². The van der Waals surface area contributed by atoms with Crippen LogP contribution >= 0.6 is 23.2 Å². The van der Waals surface area contributed by atoms with E-state index in [1.165, 1.54) is 0 Å². The van der Waals surface area contributed by atoms with Gasteiger partial charge >= 0.3 is 0 Å². The minimum atomic E-state index is -0.632. The van der Waals surface area contributed by atoms with Crippen LogP contribution in [0.5, 0.6) is 5.75 Å². The molecule has 1 fully saturated rings. The molecular weight excluding hydrogens is 437 g/mol. The first-order valence-electron chi connectivity index (χ1n) is 10.4. The monoisotopic (exact) mass is 461 g/mol. The van der Waals surface area contributed by atoms with Crippen molar-refractivity contribution in [1.29, 1.82) is 0 Å². The van der Waals surface area contributed by atoms with Crippen LogP contribution in [0.3, 0.4) is 0 Å². The van der Waals surface area contributed by atoms with Crippen LogP contribution in [0.1, 0.15) is 23.2 Å². The zero-order valence-corrected chi connectivity index (χ0v) is 18.5. The minimum Gasteiger partial charge on any atom is -0.490 e. The van der Waals surface area contributed by atoms with Crippen LogP contribution in [0.4, 0.5) is 0 Å². The zero-order chi connectivity index (χ0) is 21.8. The number of rotatable bonds is 7.